The monoisotopic (exact) mass is 346 g/mol. The zero-order valence-electron chi connectivity index (χ0n) is 12.6. The molecule has 2 aromatic rings. The lowest BCUT2D eigenvalue weighted by Crippen LogP contribution is -2.48. The SMILES string of the molecule is O=C(N[C@H]1C[C@@H]2C[C@H]1CN2C(=O)Cc1cccs1)c1cccs1. The summed E-state index contributed by atoms with van der Waals surface area (Å²) in [6.07, 6.45) is 2.41. The predicted molar refractivity (Wildman–Crippen MR) is 91.8 cm³/mol. The molecule has 0 aromatic carbocycles. The fourth-order valence-corrected chi connectivity index (χ4v) is 5.07. The van der Waals surface area contributed by atoms with Crippen LogP contribution in [-0.2, 0) is 11.2 Å². The third-order valence-electron chi connectivity index (χ3n) is 4.83. The zero-order valence-corrected chi connectivity index (χ0v) is 14.2. The Morgan fingerprint density at radius 1 is 1.17 bits per heavy atom. The Bertz CT molecular complexity index is 696. The first-order valence-corrected chi connectivity index (χ1v) is 9.63. The molecule has 23 heavy (non-hydrogen) atoms. The number of hydrogen-bond donors (Lipinski definition) is 1. The summed E-state index contributed by atoms with van der Waals surface area (Å²) in [5, 5.41) is 7.08. The molecule has 1 aliphatic heterocycles. The summed E-state index contributed by atoms with van der Waals surface area (Å²) >= 11 is 3.10. The van der Waals surface area contributed by atoms with E-state index in [1.807, 2.05) is 39.9 Å². The van der Waals surface area contributed by atoms with Crippen molar-refractivity contribution in [3.8, 4) is 0 Å². The van der Waals surface area contributed by atoms with Crippen LogP contribution in [0.1, 0.15) is 27.4 Å². The Kier molecular flexibility index (Phi) is 3.95. The number of likely N-dealkylation sites (tertiary alicyclic amines) is 1. The van der Waals surface area contributed by atoms with Gasteiger partial charge in [-0.1, -0.05) is 12.1 Å². The van der Waals surface area contributed by atoms with Crippen molar-refractivity contribution in [3.63, 3.8) is 0 Å². The van der Waals surface area contributed by atoms with Gasteiger partial charge in [0.15, 0.2) is 0 Å². The zero-order chi connectivity index (χ0) is 15.8. The van der Waals surface area contributed by atoms with E-state index in [2.05, 4.69) is 5.32 Å². The molecular weight excluding hydrogens is 328 g/mol. The molecule has 2 aliphatic rings. The van der Waals surface area contributed by atoms with Crippen LogP contribution in [0.25, 0.3) is 0 Å². The molecule has 1 saturated heterocycles. The summed E-state index contributed by atoms with van der Waals surface area (Å²) in [5.74, 6) is 0.646. The Labute approximate surface area is 143 Å². The van der Waals surface area contributed by atoms with E-state index in [0.29, 0.717) is 18.4 Å². The number of rotatable bonds is 4. The summed E-state index contributed by atoms with van der Waals surface area (Å²) in [7, 11) is 0. The Hall–Kier alpha value is -1.66. The van der Waals surface area contributed by atoms with E-state index in [9.17, 15) is 9.59 Å². The second-order valence-corrected chi connectivity index (χ2v) is 8.22. The molecule has 2 bridgehead atoms. The minimum absolute atomic E-state index is 0.0222. The summed E-state index contributed by atoms with van der Waals surface area (Å²) in [5.41, 5.74) is 0. The molecule has 2 amide bonds. The first-order chi connectivity index (χ1) is 11.2. The maximum Gasteiger partial charge on any atom is 0.261 e. The molecule has 3 atom stereocenters. The van der Waals surface area contributed by atoms with Gasteiger partial charge in [-0.25, -0.2) is 0 Å². The van der Waals surface area contributed by atoms with E-state index in [-0.39, 0.29) is 17.9 Å². The molecule has 2 fully saturated rings. The molecule has 4 nitrogen and oxygen atoms in total. The first-order valence-electron chi connectivity index (χ1n) is 7.87. The summed E-state index contributed by atoms with van der Waals surface area (Å²) in [6, 6.07) is 8.25. The number of amides is 2. The van der Waals surface area contributed by atoms with Crippen LogP contribution in [-0.4, -0.2) is 35.3 Å². The number of carbonyl (C=O) groups is 2. The van der Waals surface area contributed by atoms with Gasteiger partial charge in [0.2, 0.25) is 5.91 Å². The first kappa shape index (κ1) is 14.9. The van der Waals surface area contributed by atoms with E-state index in [1.54, 1.807) is 11.3 Å². The van der Waals surface area contributed by atoms with Crippen LogP contribution in [0.15, 0.2) is 35.0 Å². The highest BCUT2D eigenvalue weighted by atomic mass is 32.1. The maximum absolute atomic E-state index is 12.5. The largest absolute Gasteiger partial charge is 0.348 e. The van der Waals surface area contributed by atoms with Gasteiger partial charge in [-0.2, -0.15) is 0 Å². The average molecular weight is 346 g/mol. The molecule has 2 aromatic heterocycles. The molecule has 1 saturated carbocycles. The quantitative estimate of drug-likeness (QED) is 0.925. The molecule has 1 aliphatic carbocycles. The van der Waals surface area contributed by atoms with Gasteiger partial charge in [-0.3, -0.25) is 9.59 Å². The third kappa shape index (κ3) is 2.93. The van der Waals surface area contributed by atoms with Crippen molar-refractivity contribution in [2.24, 2.45) is 5.92 Å². The topological polar surface area (TPSA) is 49.4 Å². The van der Waals surface area contributed by atoms with E-state index in [0.717, 1.165) is 29.1 Å². The highest BCUT2D eigenvalue weighted by molar-refractivity contribution is 7.12. The highest BCUT2D eigenvalue weighted by Crippen LogP contribution is 2.38. The maximum atomic E-state index is 12.5. The lowest BCUT2D eigenvalue weighted by Gasteiger charge is -2.32. The van der Waals surface area contributed by atoms with Gasteiger partial charge in [0.05, 0.1) is 11.3 Å². The van der Waals surface area contributed by atoms with Crippen molar-refractivity contribution in [3.05, 3.63) is 44.8 Å². The van der Waals surface area contributed by atoms with Gasteiger partial charge in [0.1, 0.15) is 0 Å². The highest BCUT2D eigenvalue weighted by Gasteiger charge is 2.46. The number of nitrogens with one attached hydrogen (secondary N) is 1. The van der Waals surface area contributed by atoms with Crippen LogP contribution in [0, 0.1) is 5.92 Å². The molecule has 3 heterocycles. The van der Waals surface area contributed by atoms with E-state index in [4.69, 9.17) is 0 Å². The van der Waals surface area contributed by atoms with Gasteiger partial charge < -0.3 is 10.2 Å². The van der Waals surface area contributed by atoms with E-state index in [1.165, 1.54) is 11.3 Å². The van der Waals surface area contributed by atoms with Crippen molar-refractivity contribution in [1.29, 1.82) is 0 Å². The second kappa shape index (κ2) is 6.09. The van der Waals surface area contributed by atoms with Crippen molar-refractivity contribution in [2.45, 2.75) is 31.3 Å². The minimum atomic E-state index is 0.0222. The van der Waals surface area contributed by atoms with Crippen LogP contribution in [0.4, 0.5) is 0 Å². The van der Waals surface area contributed by atoms with Gasteiger partial charge in [0.25, 0.3) is 5.91 Å². The molecular formula is C17H18N2O2S2. The van der Waals surface area contributed by atoms with Gasteiger partial charge >= 0.3 is 0 Å². The Morgan fingerprint density at radius 2 is 2.00 bits per heavy atom. The molecule has 0 unspecified atom stereocenters. The van der Waals surface area contributed by atoms with Gasteiger partial charge in [0, 0.05) is 23.5 Å². The normalized spacial score (nSPS) is 25.7. The number of carbonyl (C=O) groups excluding carboxylic acids is 2. The standard InChI is InChI=1S/C17H18N2O2S2/c20-16(9-13-3-1-5-22-13)19-10-11-7-12(19)8-14(11)18-17(21)15-4-2-6-23-15/h1-6,11-12,14H,7-10H2,(H,18,21)/t11-,12-,14-/m0/s1. The second-order valence-electron chi connectivity index (χ2n) is 6.24. The number of piperidine rings is 1. The van der Waals surface area contributed by atoms with E-state index >= 15 is 0 Å². The van der Waals surface area contributed by atoms with Crippen molar-refractivity contribution in [2.75, 3.05) is 6.54 Å². The van der Waals surface area contributed by atoms with Gasteiger partial charge in [-0.15, -0.1) is 22.7 Å². The lowest BCUT2D eigenvalue weighted by molar-refractivity contribution is -0.132. The third-order valence-corrected chi connectivity index (χ3v) is 6.57. The molecule has 4 rings (SSSR count). The molecule has 1 N–H and O–H groups in total. The van der Waals surface area contributed by atoms with Crippen LogP contribution in [0.3, 0.4) is 0 Å². The lowest BCUT2D eigenvalue weighted by atomic mass is 10.0. The van der Waals surface area contributed by atoms with Crippen LogP contribution in [0.5, 0.6) is 0 Å². The molecule has 6 heteroatoms. The molecule has 120 valence electrons. The number of hydrogen-bond acceptors (Lipinski definition) is 4. The van der Waals surface area contributed by atoms with Crippen LogP contribution < -0.4 is 5.32 Å². The van der Waals surface area contributed by atoms with Crippen molar-refractivity contribution >= 4 is 34.5 Å². The predicted octanol–water partition coefficient (Wildman–Crippen LogP) is 2.77. The van der Waals surface area contributed by atoms with Crippen LogP contribution in [0.2, 0.25) is 0 Å². The summed E-state index contributed by atoms with van der Waals surface area (Å²) in [4.78, 5) is 28.6. The molecule has 0 spiro atoms. The van der Waals surface area contributed by atoms with Crippen molar-refractivity contribution < 1.29 is 9.59 Å². The smallest absolute Gasteiger partial charge is 0.261 e. The fourth-order valence-electron chi connectivity index (χ4n) is 3.75. The van der Waals surface area contributed by atoms with Gasteiger partial charge in [-0.05, 0) is 41.7 Å². The Balaban J connectivity index is 1.34. The number of nitrogens with zero attached hydrogens (tertiary/aromatic N) is 1. The van der Waals surface area contributed by atoms with E-state index < -0.39 is 0 Å². The average Bonchev–Trinajstić information content (AvgIpc) is 3.31. The minimum Gasteiger partial charge on any atom is -0.348 e. The number of fused-ring (bicyclic) bond motifs is 2. The summed E-state index contributed by atoms with van der Waals surface area (Å²) in [6.45, 7) is 0.782. The fraction of sp³-hybridized carbons (Fsp3) is 0.412. The molecule has 0 radical (unpaired) electrons. The Morgan fingerprint density at radius 3 is 2.65 bits per heavy atom. The number of thiophene rings is 2. The summed E-state index contributed by atoms with van der Waals surface area (Å²) < 4.78 is 0. The van der Waals surface area contributed by atoms with Crippen LogP contribution >= 0.6 is 22.7 Å². The van der Waals surface area contributed by atoms with Crippen molar-refractivity contribution in [1.82, 2.24) is 10.2 Å².